The van der Waals surface area contributed by atoms with Crippen molar-refractivity contribution in [2.24, 2.45) is 11.8 Å². The predicted octanol–water partition coefficient (Wildman–Crippen LogP) is 4.82. The number of likely N-dealkylation sites (tertiary alicyclic amines) is 1. The smallest absolute Gasteiger partial charge is 0.321 e. The second kappa shape index (κ2) is 8.91. The largest absolute Gasteiger partial charge is 0.326 e. The highest BCUT2D eigenvalue weighted by atomic mass is 16.2. The summed E-state index contributed by atoms with van der Waals surface area (Å²) in [5.41, 5.74) is 3.94. The molecule has 0 aliphatic carbocycles. The third-order valence-electron chi connectivity index (χ3n) is 5.61. The van der Waals surface area contributed by atoms with Gasteiger partial charge in [-0.25, -0.2) is 4.79 Å². The Bertz CT molecular complexity index is 827. The number of piperidine rings is 1. The summed E-state index contributed by atoms with van der Waals surface area (Å²) in [6.45, 7) is 7.39. The van der Waals surface area contributed by atoms with Crippen molar-refractivity contribution in [2.75, 3.05) is 23.7 Å². The van der Waals surface area contributed by atoms with Gasteiger partial charge in [0.05, 0.1) is 0 Å². The first-order valence-corrected chi connectivity index (χ1v) is 9.93. The van der Waals surface area contributed by atoms with Crippen LogP contribution in [0.4, 0.5) is 16.2 Å². The second-order valence-corrected chi connectivity index (χ2v) is 7.72. The number of hydrogen-bond acceptors (Lipinski definition) is 2. The zero-order chi connectivity index (χ0) is 20.1. The van der Waals surface area contributed by atoms with E-state index in [0.717, 1.165) is 29.8 Å². The number of aryl methyl sites for hydroxylation is 2. The van der Waals surface area contributed by atoms with E-state index < -0.39 is 0 Å². The number of benzene rings is 2. The van der Waals surface area contributed by atoms with Crippen LogP contribution in [0.2, 0.25) is 0 Å². The molecule has 1 heterocycles. The van der Waals surface area contributed by atoms with Crippen molar-refractivity contribution in [3.8, 4) is 0 Å². The van der Waals surface area contributed by atoms with Gasteiger partial charge in [0.2, 0.25) is 5.91 Å². The second-order valence-electron chi connectivity index (χ2n) is 7.72. The molecular weight excluding hydrogens is 350 g/mol. The molecule has 2 aromatic rings. The predicted molar refractivity (Wildman–Crippen MR) is 113 cm³/mol. The van der Waals surface area contributed by atoms with Gasteiger partial charge in [0, 0.05) is 30.4 Å². The van der Waals surface area contributed by atoms with Gasteiger partial charge >= 0.3 is 6.03 Å². The Balaban J connectivity index is 1.51. The molecule has 0 spiro atoms. The number of carbonyl (C=O) groups is 2. The molecule has 0 bridgehead atoms. The van der Waals surface area contributed by atoms with E-state index in [1.54, 1.807) is 0 Å². The molecule has 0 saturated carbocycles. The third kappa shape index (κ3) is 4.91. The lowest BCUT2D eigenvalue weighted by molar-refractivity contribution is -0.121. The summed E-state index contributed by atoms with van der Waals surface area (Å²) >= 11 is 0. The van der Waals surface area contributed by atoms with Gasteiger partial charge in [0.25, 0.3) is 0 Å². The maximum Gasteiger partial charge on any atom is 0.321 e. The van der Waals surface area contributed by atoms with E-state index in [0.29, 0.717) is 13.1 Å². The number of nitrogens with one attached hydrogen (secondary N) is 2. The molecule has 3 amide bonds. The van der Waals surface area contributed by atoms with Gasteiger partial charge < -0.3 is 15.5 Å². The Kier molecular flexibility index (Phi) is 6.34. The summed E-state index contributed by atoms with van der Waals surface area (Å²) in [5.74, 6) is 0.255. The highest BCUT2D eigenvalue weighted by Crippen LogP contribution is 2.27. The van der Waals surface area contributed by atoms with Gasteiger partial charge in [-0.3, -0.25) is 4.79 Å². The molecule has 0 radical (unpaired) electrons. The van der Waals surface area contributed by atoms with E-state index in [1.165, 1.54) is 5.56 Å². The molecule has 1 atom stereocenters. The molecule has 3 rings (SSSR count). The minimum atomic E-state index is -0.0833. The summed E-state index contributed by atoms with van der Waals surface area (Å²) in [5, 5.41) is 6.00. The van der Waals surface area contributed by atoms with Crippen LogP contribution in [0, 0.1) is 25.7 Å². The standard InChI is InChI=1S/C23H29N3O2/c1-16-9-10-21(17(2)15-16)25-22(27)18(3)19-11-13-26(14-12-19)23(28)24-20-7-5-4-6-8-20/h4-10,15,18-19H,11-14H2,1-3H3,(H,24,28)(H,25,27)/t18-/m1/s1. The van der Waals surface area contributed by atoms with E-state index in [-0.39, 0.29) is 23.8 Å². The SMILES string of the molecule is Cc1ccc(NC(=O)[C@H](C)C2CCN(C(=O)Nc3ccccc3)CC2)c(C)c1. The Hall–Kier alpha value is -2.82. The average molecular weight is 380 g/mol. The first-order valence-electron chi connectivity index (χ1n) is 9.93. The Morgan fingerprint density at radius 2 is 1.68 bits per heavy atom. The van der Waals surface area contributed by atoms with Crippen molar-refractivity contribution in [2.45, 2.75) is 33.6 Å². The third-order valence-corrected chi connectivity index (χ3v) is 5.61. The van der Waals surface area contributed by atoms with Gasteiger partial charge in [0.1, 0.15) is 0 Å². The summed E-state index contributed by atoms with van der Waals surface area (Å²) in [4.78, 5) is 27.0. The van der Waals surface area contributed by atoms with Gasteiger partial charge in [-0.1, -0.05) is 42.8 Å². The number of amides is 3. The van der Waals surface area contributed by atoms with Crippen molar-refractivity contribution in [1.82, 2.24) is 4.90 Å². The molecule has 28 heavy (non-hydrogen) atoms. The number of urea groups is 1. The lowest BCUT2D eigenvalue weighted by Crippen LogP contribution is -2.43. The summed E-state index contributed by atoms with van der Waals surface area (Å²) in [6.07, 6.45) is 1.67. The van der Waals surface area contributed by atoms with Crippen molar-refractivity contribution in [3.05, 3.63) is 59.7 Å². The van der Waals surface area contributed by atoms with Gasteiger partial charge in [-0.15, -0.1) is 0 Å². The summed E-state index contributed by atoms with van der Waals surface area (Å²) in [7, 11) is 0. The number of para-hydroxylation sites is 1. The monoisotopic (exact) mass is 379 g/mol. The minimum absolute atomic E-state index is 0.0548. The zero-order valence-corrected chi connectivity index (χ0v) is 16.9. The topological polar surface area (TPSA) is 61.4 Å². The number of nitrogens with zero attached hydrogens (tertiary/aromatic N) is 1. The zero-order valence-electron chi connectivity index (χ0n) is 16.9. The number of hydrogen-bond donors (Lipinski definition) is 2. The fourth-order valence-corrected chi connectivity index (χ4v) is 3.74. The summed E-state index contributed by atoms with van der Waals surface area (Å²) < 4.78 is 0. The molecule has 5 heteroatoms. The molecule has 1 aliphatic heterocycles. The molecule has 0 unspecified atom stereocenters. The molecular formula is C23H29N3O2. The van der Waals surface area contributed by atoms with Crippen LogP contribution in [0.25, 0.3) is 0 Å². The van der Waals surface area contributed by atoms with Gasteiger partial charge in [-0.2, -0.15) is 0 Å². The molecule has 0 aromatic heterocycles. The quantitative estimate of drug-likeness (QED) is 0.800. The molecule has 1 saturated heterocycles. The molecule has 1 fully saturated rings. The van der Waals surface area contributed by atoms with Crippen molar-refractivity contribution < 1.29 is 9.59 Å². The maximum absolute atomic E-state index is 12.7. The molecule has 2 aromatic carbocycles. The molecule has 148 valence electrons. The van der Waals surface area contributed by atoms with Crippen LogP contribution in [0.5, 0.6) is 0 Å². The highest BCUT2D eigenvalue weighted by molar-refractivity contribution is 5.93. The van der Waals surface area contributed by atoms with Crippen molar-refractivity contribution >= 4 is 23.3 Å². The normalized spacial score (nSPS) is 15.8. The van der Waals surface area contributed by atoms with Crippen molar-refractivity contribution in [1.29, 1.82) is 0 Å². The van der Waals surface area contributed by atoms with Crippen LogP contribution >= 0.6 is 0 Å². The lowest BCUT2D eigenvalue weighted by atomic mass is 9.85. The summed E-state index contributed by atoms with van der Waals surface area (Å²) in [6, 6.07) is 15.5. The first kappa shape index (κ1) is 19.9. The minimum Gasteiger partial charge on any atom is -0.326 e. The highest BCUT2D eigenvalue weighted by Gasteiger charge is 2.30. The van der Waals surface area contributed by atoms with Crippen LogP contribution in [-0.4, -0.2) is 29.9 Å². The Morgan fingerprint density at radius 3 is 2.32 bits per heavy atom. The Morgan fingerprint density at radius 1 is 1.00 bits per heavy atom. The van der Waals surface area contributed by atoms with E-state index in [9.17, 15) is 9.59 Å². The molecule has 5 nitrogen and oxygen atoms in total. The Labute approximate surface area is 167 Å². The van der Waals surface area contributed by atoms with Crippen LogP contribution in [0.1, 0.15) is 30.9 Å². The van der Waals surface area contributed by atoms with Crippen molar-refractivity contribution in [3.63, 3.8) is 0 Å². The van der Waals surface area contributed by atoms with Gasteiger partial charge in [-0.05, 0) is 56.4 Å². The number of rotatable bonds is 4. The van der Waals surface area contributed by atoms with Crippen LogP contribution in [0.3, 0.4) is 0 Å². The van der Waals surface area contributed by atoms with Crippen LogP contribution < -0.4 is 10.6 Å². The lowest BCUT2D eigenvalue weighted by Gasteiger charge is -2.34. The van der Waals surface area contributed by atoms with E-state index >= 15 is 0 Å². The molecule has 1 aliphatic rings. The van der Waals surface area contributed by atoms with Gasteiger partial charge in [0.15, 0.2) is 0 Å². The van der Waals surface area contributed by atoms with Crippen LogP contribution in [-0.2, 0) is 4.79 Å². The number of carbonyl (C=O) groups excluding carboxylic acids is 2. The average Bonchev–Trinajstić information content (AvgIpc) is 2.70. The number of anilines is 2. The fraction of sp³-hybridized carbons (Fsp3) is 0.391. The van der Waals surface area contributed by atoms with E-state index in [4.69, 9.17) is 0 Å². The first-order chi connectivity index (χ1) is 13.4. The van der Waals surface area contributed by atoms with E-state index in [2.05, 4.69) is 16.7 Å². The van der Waals surface area contributed by atoms with Crippen LogP contribution in [0.15, 0.2) is 48.5 Å². The maximum atomic E-state index is 12.7. The molecule has 2 N–H and O–H groups in total. The fourth-order valence-electron chi connectivity index (χ4n) is 3.74. The van der Waals surface area contributed by atoms with E-state index in [1.807, 2.05) is 68.1 Å².